The number of rotatable bonds is 6. The molecular formula is C15H23IN4O2S. The monoisotopic (exact) mass is 450 g/mol. The summed E-state index contributed by atoms with van der Waals surface area (Å²) in [6.45, 7) is 4.28. The molecular weight excluding hydrogens is 427 g/mol. The second kappa shape index (κ2) is 10.6. The van der Waals surface area contributed by atoms with Crippen LogP contribution in [0.1, 0.15) is 31.1 Å². The van der Waals surface area contributed by atoms with Crippen LogP contribution in [0.5, 0.6) is 0 Å². The average molecular weight is 450 g/mol. The van der Waals surface area contributed by atoms with Gasteiger partial charge in [0.05, 0.1) is 6.54 Å². The number of nitrogens with zero attached hydrogens (tertiary/aromatic N) is 2. The summed E-state index contributed by atoms with van der Waals surface area (Å²) in [4.78, 5) is 30.5. The van der Waals surface area contributed by atoms with Crippen LogP contribution in [0.25, 0.3) is 0 Å². The molecule has 1 aromatic rings. The molecule has 2 amide bonds. The Morgan fingerprint density at radius 3 is 2.65 bits per heavy atom. The van der Waals surface area contributed by atoms with Crippen LogP contribution in [0.3, 0.4) is 0 Å². The summed E-state index contributed by atoms with van der Waals surface area (Å²) in [5, 5.41) is 8.36. The highest BCUT2D eigenvalue weighted by molar-refractivity contribution is 14.0. The van der Waals surface area contributed by atoms with Gasteiger partial charge >= 0.3 is 0 Å². The average Bonchev–Trinajstić information content (AvgIpc) is 3.01. The van der Waals surface area contributed by atoms with Gasteiger partial charge in [-0.15, -0.1) is 35.3 Å². The zero-order valence-corrected chi connectivity index (χ0v) is 16.4. The molecule has 1 saturated heterocycles. The number of imide groups is 1. The van der Waals surface area contributed by atoms with Crippen LogP contribution in [0.15, 0.2) is 22.5 Å². The van der Waals surface area contributed by atoms with Gasteiger partial charge in [-0.25, -0.2) is 4.99 Å². The first-order valence-electron chi connectivity index (χ1n) is 7.58. The molecule has 2 rings (SSSR count). The first-order valence-corrected chi connectivity index (χ1v) is 8.46. The number of thiophene rings is 1. The van der Waals surface area contributed by atoms with E-state index >= 15 is 0 Å². The molecule has 1 aliphatic rings. The zero-order chi connectivity index (χ0) is 15.8. The number of likely N-dealkylation sites (tertiary alicyclic amines) is 1. The van der Waals surface area contributed by atoms with Gasteiger partial charge in [0.1, 0.15) is 0 Å². The Hall–Kier alpha value is -1.16. The van der Waals surface area contributed by atoms with Gasteiger partial charge < -0.3 is 10.6 Å². The third-order valence-corrected chi connectivity index (χ3v) is 4.19. The summed E-state index contributed by atoms with van der Waals surface area (Å²) in [7, 11) is 0. The molecule has 6 nitrogen and oxygen atoms in total. The second-order valence-electron chi connectivity index (χ2n) is 4.99. The third kappa shape index (κ3) is 6.46. The minimum Gasteiger partial charge on any atom is -0.357 e. The standard InChI is InChI=1S/C15H22N4O2S.HI/c1-2-16-15(18-11-12-5-4-10-22-12)17-8-9-19-13(20)6-3-7-14(19)21;/h4-5,10H,2-3,6-9,11H2,1H3,(H2,16,17,18);1H. The van der Waals surface area contributed by atoms with Gasteiger partial charge in [-0.05, 0) is 24.8 Å². The van der Waals surface area contributed by atoms with Crippen LogP contribution in [0.2, 0.25) is 0 Å². The lowest BCUT2D eigenvalue weighted by atomic mass is 10.1. The van der Waals surface area contributed by atoms with Gasteiger partial charge in [0.15, 0.2) is 5.96 Å². The maximum atomic E-state index is 11.7. The van der Waals surface area contributed by atoms with E-state index < -0.39 is 0 Å². The van der Waals surface area contributed by atoms with Gasteiger partial charge in [-0.2, -0.15) is 0 Å². The van der Waals surface area contributed by atoms with Crippen molar-refractivity contribution in [1.29, 1.82) is 0 Å². The Labute approximate surface area is 157 Å². The highest BCUT2D eigenvalue weighted by Crippen LogP contribution is 2.11. The van der Waals surface area contributed by atoms with Crippen molar-refractivity contribution in [3.8, 4) is 0 Å². The van der Waals surface area contributed by atoms with E-state index in [1.165, 1.54) is 9.78 Å². The van der Waals surface area contributed by atoms with Crippen molar-refractivity contribution in [3.05, 3.63) is 22.4 Å². The Morgan fingerprint density at radius 1 is 1.30 bits per heavy atom. The van der Waals surface area contributed by atoms with Crippen molar-refractivity contribution >= 4 is 53.1 Å². The van der Waals surface area contributed by atoms with Crippen molar-refractivity contribution in [3.63, 3.8) is 0 Å². The Balaban J connectivity index is 0.00000264. The van der Waals surface area contributed by atoms with Crippen molar-refractivity contribution in [2.24, 2.45) is 4.99 Å². The van der Waals surface area contributed by atoms with Crippen LogP contribution in [0, 0.1) is 0 Å². The molecule has 0 aliphatic carbocycles. The summed E-state index contributed by atoms with van der Waals surface area (Å²) in [6.07, 6.45) is 1.61. The predicted octanol–water partition coefficient (Wildman–Crippen LogP) is 1.96. The number of carbonyl (C=O) groups excluding carboxylic acids is 2. The van der Waals surface area contributed by atoms with E-state index in [0.717, 1.165) is 6.54 Å². The Morgan fingerprint density at radius 2 is 2.04 bits per heavy atom. The van der Waals surface area contributed by atoms with Crippen molar-refractivity contribution < 1.29 is 9.59 Å². The lowest BCUT2D eigenvalue weighted by Crippen LogP contribution is -2.46. The number of halogens is 1. The fourth-order valence-electron chi connectivity index (χ4n) is 2.24. The maximum Gasteiger partial charge on any atom is 0.229 e. The minimum absolute atomic E-state index is 0. The van der Waals surface area contributed by atoms with Gasteiger partial charge in [-0.3, -0.25) is 14.5 Å². The van der Waals surface area contributed by atoms with E-state index in [2.05, 4.69) is 15.6 Å². The molecule has 0 spiro atoms. The fourth-order valence-corrected chi connectivity index (χ4v) is 2.86. The van der Waals surface area contributed by atoms with E-state index in [4.69, 9.17) is 0 Å². The zero-order valence-electron chi connectivity index (χ0n) is 13.2. The Bertz CT molecular complexity index is 518. The van der Waals surface area contributed by atoms with Crippen molar-refractivity contribution in [1.82, 2.24) is 15.5 Å². The summed E-state index contributed by atoms with van der Waals surface area (Å²) < 4.78 is 0. The number of hydrogen-bond acceptors (Lipinski definition) is 4. The lowest BCUT2D eigenvalue weighted by Gasteiger charge is -2.25. The molecule has 2 heterocycles. The molecule has 23 heavy (non-hydrogen) atoms. The van der Waals surface area contributed by atoms with Crippen molar-refractivity contribution in [2.75, 3.05) is 19.6 Å². The van der Waals surface area contributed by atoms with Crippen molar-refractivity contribution in [2.45, 2.75) is 32.7 Å². The number of piperidine rings is 1. The molecule has 0 bridgehead atoms. The number of hydrogen-bond donors (Lipinski definition) is 2. The SMILES string of the molecule is CCNC(=NCc1cccs1)NCCN1C(=O)CCCC1=O.I. The normalized spacial score (nSPS) is 15.3. The summed E-state index contributed by atoms with van der Waals surface area (Å²) in [5.41, 5.74) is 0. The number of carbonyl (C=O) groups is 2. The molecule has 0 atom stereocenters. The largest absolute Gasteiger partial charge is 0.357 e. The maximum absolute atomic E-state index is 11.7. The molecule has 0 unspecified atom stereocenters. The molecule has 2 N–H and O–H groups in total. The number of nitrogens with one attached hydrogen (secondary N) is 2. The Kier molecular flexibility index (Phi) is 9.15. The number of amides is 2. The lowest BCUT2D eigenvalue weighted by molar-refractivity contribution is -0.147. The quantitative estimate of drug-likeness (QED) is 0.301. The van der Waals surface area contributed by atoms with E-state index in [-0.39, 0.29) is 35.8 Å². The van der Waals surface area contributed by atoms with E-state index in [1.54, 1.807) is 11.3 Å². The van der Waals surface area contributed by atoms with Gasteiger partial charge in [-0.1, -0.05) is 6.07 Å². The molecule has 128 valence electrons. The molecule has 1 fully saturated rings. The summed E-state index contributed by atoms with van der Waals surface area (Å²) >= 11 is 1.67. The molecule has 1 aliphatic heterocycles. The van der Waals surface area contributed by atoms with Gasteiger partial charge in [0, 0.05) is 37.4 Å². The first-order chi connectivity index (χ1) is 10.7. The van der Waals surface area contributed by atoms with Crippen LogP contribution in [-0.4, -0.2) is 42.3 Å². The second-order valence-corrected chi connectivity index (χ2v) is 6.03. The molecule has 8 heteroatoms. The van der Waals surface area contributed by atoms with Gasteiger partial charge in [0.25, 0.3) is 0 Å². The summed E-state index contributed by atoms with van der Waals surface area (Å²) in [5.74, 6) is 0.560. The smallest absolute Gasteiger partial charge is 0.229 e. The van der Waals surface area contributed by atoms with Crippen LogP contribution < -0.4 is 10.6 Å². The molecule has 0 saturated carbocycles. The first kappa shape index (κ1) is 19.9. The topological polar surface area (TPSA) is 73.8 Å². The van der Waals surface area contributed by atoms with Gasteiger partial charge in [0.2, 0.25) is 11.8 Å². The molecule has 0 aromatic carbocycles. The molecule has 0 radical (unpaired) electrons. The number of guanidine groups is 1. The van der Waals surface area contributed by atoms with Crippen LogP contribution in [0.4, 0.5) is 0 Å². The van der Waals surface area contributed by atoms with E-state index in [1.807, 2.05) is 24.4 Å². The highest BCUT2D eigenvalue weighted by atomic mass is 127. The van der Waals surface area contributed by atoms with E-state index in [9.17, 15) is 9.59 Å². The minimum atomic E-state index is -0.0708. The number of aliphatic imine (C=N–C) groups is 1. The molecule has 1 aromatic heterocycles. The fraction of sp³-hybridized carbons (Fsp3) is 0.533. The third-order valence-electron chi connectivity index (χ3n) is 3.33. The predicted molar refractivity (Wildman–Crippen MR) is 103 cm³/mol. The highest BCUT2D eigenvalue weighted by Gasteiger charge is 2.25. The van der Waals surface area contributed by atoms with Crippen LogP contribution in [-0.2, 0) is 16.1 Å². The van der Waals surface area contributed by atoms with E-state index in [0.29, 0.717) is 44.9 Å². The van der Waals surface area contributed by atoms with Crippen LogP contribution >= 0.6 is 35.3 Å². The summed E-state index contributed by atoms with van der Waals surface area (Å²) in [6, 6.07) is 4.05.